The maximum Gasteiger partial charge on any atom is 0.303 e. The Bertz CT molecular complexity index is 994. The van der Waals surface area contributed by atoms with E-state index < -0.39 is 16.1 Å². The minimum atomic E-state index is -3.78. The van der Waals surface area contributed by atoms with E-state index in [-0.39, 0.29) is 36.9 Å². The van der Waals surface area contributed by atoms with E-state index in [4.69, 9.17) is 47.2 Å². The number of aryl methyl sites for hydroxylation is 1. The Hall–Kier alpha value is -2.25. The maximum atomic E-state index is 12.1. The minimum Gasteiger partial charge on any atom is -0.481 e. The highest BCUT2D eigenvalue weighted by Gasteiger charge is 2.14. The first kappa shape index (κ1) is 41.8. The van der Waals surface area contributed by atoms with Crippen molar-refractivity contribution in [3.8, 4) is 0 Å². The van der Waals surface area contributed by atoms with Crippen molar-refractivity contribution in [1.82, 2.24) is 5.32 Å². The number of amides is 1. The van der Waals surface area contributed by atoms with Gasteiger partial charge in [-0.25, -0.2) is 0 Å². The molecule has 2 N–H and O–H groups in total. The van der Waals surface area contributed by atoms with Crippen LogP contribution in [-0.2, 0) is 61.8 Å². The van der Waals surface area contributed by atoms with E-state index in [0.29, 0.717) is 112 Å². The van der Waals surface area contributed by atoms with Crippen LogP contribution in [0.15, 0.2) is 29.2 Å². The van der Waals surface area contributed by atoms with Crippen molar-refractivity contribution in [2.45, 2.75) is 31.1 Å². The van der Waals surface area contributed by atoms with E-state index in [9.17, 15) is 18.0 Å². The van der Waals surface area contributed by atoms with Gasteiger partial charge in [0.1, 0.15) is 0 Å². The van der Waals surface area contributed by atoms with E-state index in [1.807, 2.05) is 6.92 Å². The van der Waals surface area contributed by atoms with E-state index in [2.05, 4.69) is 5.32 Å². The van der Waals surface area contributed by atoms with Gasteiger partial charge in [0, 0.05) is 19.6 Å². The Balaban J connectivity index is 1.70. The molecule has 0 saturated carbocycles. The fourth-order valence-electron chi connectivity index (χ4n) is 3.33. The summed E-state index contributed by atoms with van der Waals surface area (Å²) in [5, 5.41) is 11.2. The van der Waals surface area contributed by atoms with Crippen LogP contribution in [0.25, 0.3) is 0 Å². The summed E-state index contributed by atoms with van der Waals surface area (Å²) in [6.07, 6.45) is 0.454. The maximum absolute atomic E-state index is 12.1. The van der Waals surface area contributed by atoms with Crippen LogP contribution in [0.2, 0.25) is 0 Å². The third kappa shape index (κ3) is 25.9. The van der Waals surface area contributed by atoms with Gasteiger partial charge in [-0.2, -0.15) is 8.42 Å². The van der Waals surface area contributed by atoms with E-state index >= 15 is 0 Å². The molecule has 1 aromatic carbocycles. The molecule has 266 valence electrons. The van der Waals surface area contributed by atoms with Crippen LogP contribution in [-0.4, -0.2) is 144 Å². The molecule has 0 spiro atoms. The van der Waals surface area contributed by atoms with E-state index in [0.717, 1.165) is 5.56 Å². The Morgan fingerprint density at radius 1 is 0.587 bits per heavy atom. The molecule has 1 rings (SSSR count). The lowest BCUT2D eigenvalue weighted by atomic mass is 10.2. The van der Waals surface area contributed by atoms with Crippen molar-refractivity contribution < 1.29 is 65.2 Å². The Morgan fingerprint density at radius 2 is 0.957 bits per heavy atom. The summed E-state index contributed by atoms with van der Waals surface area (Å²) < 4.78 is 72.4. The molecule has 0 fully saturated rings. The lowest BCUT2D eigenvalue weighted by Gasteiger charge is -2.09. The van der Waals surface area contributed by atoms with Crippen molar-refractivity contribution in [3.63, 3.8) is 0 Å². The monoisotopic (exact) mass is 681 g/mol. The van der Waals surface area contributed by atoms with Crippen LogP contribution >= 0.6 is 0 Å². The number of carboxylic acids is 1. The molecule has 46 heavy (non-hydrogen) atoms. The highest BCUT2D eigenvalue weighted by atomic mass is 32.2. The molecule has 0 radical (unpaired) electrons. The Kier molecular flexibility index (Phi) is 26.3. The summed E-state index contributed by atoms with van der Waals surface area (Å²) in [7, 11) is -3.78. The number of hydrogen-bond donors (Lipinski definition) is 2. The zero-order valence-corrected chi connectivity index (χ0v) is 27.6. The Morgan fingerprint density at radius 3 is 1.35 bits per heavy atom. The first-order valence-corrected chi connectivity index (χ1v) is 16.8. The molecule has 0 unspecified atom stereocenters. The van der Waals surface area contributed by atoms with Crippen LogP contribution in [0, 0.1) is 6.92 Å². The van der Waals surface area contributed by atoms with Gasteiger partial charge in [0.05, 0.1) is 117 Å². The predicted molar refractivity (Wildman–Crippen MR) is 165 cm³/mol. The quantitative estimate of drug-likeness (QED) is 0.0797. The van der Waals surface area contributed by atoms with Crippen LogP contribution in [0.5, 0.6) is 0 Å². The number of hydrogen-bond acceptors (Lipinski definition) is 13. The van der Waals surface area contributed by atoms with Crippen molar-refractivity contribution >= 4 is 22.0 Å². The second kappa shape index (κ2) is 28.9. The van der Waals surface area contributed by atoms with Crippen molar-refractivity contribution in [2.75, 3.05) is 119 Å². The van der Waals surface area contributed by atoms with Gasteiger partial charge in [-0.3, -0.25) is 13.8 Å². The van der Waals surface area contributed by atoms with Gasteiger partial charge in [-0.1, -0.05) is 17.7 Å². The van der Waals surface area contributed by atoms with E-state index in [1.165, 1.54) is 12.1 Å². The summed E-state index contributed by atoms with van der Waals surface area (Å²) in [4.78, 5) is 21.9. The number of carbonyl (C=O) groups excluding carboxylic acids is 1. The average Bonchev–Trinajstić information content (AvgIpc) is 3.03. The zero-order valence-electron chi connectivity index (χ0n) is 26.8. The lowest BCUT2D eigenvalue weighted by molar-refractivity contribution is -0.138. The van der Waals surface area contributed by atoms with E-state index in [1.54, 1.807) is 12.1 Å². The standard InChI is InChI=1S/C30H51NO14S/c1-27-3-5-28(6-4-27)46(35,36)45-26-25-44-24-23-43-22-21-42-20-19-41-18-17-40-16-15-39-14-13-38-12-11-37-10-2-9-31-29(32)7-8-30(33)34/h3-6H,2,7-26H2,1H3,(H,31,32)(H,33,34). The summed E-state index contributed by atoms with van der Waals surface area (Å²) >= 11 is 0. The van der Waals surface area contributed by atoms with Crippen LogP contribution in [0.4, 0.5) is 0 Å². The summed E-state index contributed by atoms with van der Waals surface area (Å²) in [6.45, 7) is 8.86. The molecule has 0 aliphatic heterocycles. The molecule has 15 nitrogen and oxygen atoms in total. The number of carbonyl (C=O) groups is 2. The normalized spacial score (nSPS) is 11.6. The average molecular weight is 682 g/mol. The SMILES string of the molecule is Cc1ccc(S(=O)(=O)OCCOCCOCCOCCOCCOCCOCCOCCOCCCNC(=O)CCC(=O)O)cc1. The Labute approximate surface area is 272 Å². The van der Waals surface area contributed by atoms with Crippen molar-refractivity contribution in [2.24, 2.45) is 0 Å². The molecular weight excluding hydrogens is 630 g/mol. The van der Waals surface area contributed by atoms with Gasteiger partial charge in [0.2, 0.25) is 5.91 Å². The first-order chi connectivity index (χ1) is 22.3. The summed E-state index contributed by atoms with van der Waals surface area (Å²) in [5.74, 6) is -1.26. The van der Waals surface area contributed by atoms with Crippen LogP contribution in [0.1, 0.15) is 24.8 Å². The molecule has 0 saturated heterocycles. The van der Waals surface area contributed by atoms with Gasteiger partial charge < -0.3 is 48.3 Å². The molecule has 0 aliphatic rings. The second-order valence-corrected chi connectivity index (χ2v) is 11.2. The zero-order chi connectivity index (χ0) is 33.6. The summed E-state index contributed by atoms with van der Waals surface area (Å²) in [6, 6.07) is 6.45. The molecule has 0 atom stereocenters. The first-order valence-electron chi connectivity index (χ1n) is 15.4. The number of benzene rings is 1. The highest BCUT2D eigenvalue weighted by Crippen LogP contribution is 2.12. The smallest absolute Gasteiger partial charge is 0.303 e. The summed E-state index contributed by atoms with van der Waals surface area (Å²) in [5.41, 5.74) is 0.968. The molecule has 0 bridgehead atoms. The van der Waals surface area contributed by atoms with Gasteiger partial charge in [-0.15, -0.1) is 0 Å². The highest BCUT2D eigenvalue weighted by molar-refractivity contribution is 7.86. The fourth-order valence-corrected chi connectivity index (χ4v) is 4.22. The molecule has 1 amide bonds. The van der Waals surface area contributed by atoms with Gasteiger partial charge in [0.15, 0.2) is 0 Å². The van der Waals surface area contributed by atoms with Crippen LogP contribution < -0.4 is 5.32 Å². The topological polar surface area (TPSA) is 184 Å². The van der Waals surface area contributed by atoms with Gasteiger partial charge in [-0.05, 0) is 25.5 Å². The lowest BCUT2D eigenvalue weighted by Crippen LogP contribution is -2.25. The predicted octanol–water partition coefficient (Wildman–Crippen LogP) is 1.20. The van der Waals surface area contributed by atoms with Gasteiger partial charge >= 0.3 is 5.97 Å². The number of carboxylic acid groups (broad SMARTS) is 1. The van der Waals surface area contributed by atoms with Gasteiger partial charge in [0.25, 0.3) is 10.1 Å². The molecule has 0 aliphatic carbocycles. The molecular formula is C30H51NO14S. The third-order valence-electron chi connectivity index (χ3n) is 5.73. The third-order valence-corrected chi connectivity index (χ3v) is 7.06. The van der Waals surface area contributed by atoms with Crippen molar-refractivity contribution in [1.29, 1.82) is 0 Å². The molecule has 0 aromatic heterocycles. The molecule has 1 aromatic rings. The number of ether oxygens (including phenoxy) is 8. The van der Waals surface area contributed by atoms with Crippen LogP contribution in [0.3, 0.4) is 0 Å². The minimum absolute atomic E-state index is 0.0172. The molecule has 16 heteroatoms. The number of nitrogens with one attached hydrogen (secondary N) is 1. The largest absolute Gasteiger partial charge is 0.481 e. The number of aliphatic carboxylic acids is 1. The fraction of sp³-hybridized carbons (Fsp3) is 0.733. The molecule has 0 heterocycles. The second-order valence-electron chi connectivity index (χ2n) is 9.59. The van der Waals surface area contributed by atoms with Crippen molar-refractivity contribution in [3.05, 3.63) is 29.8 Å². The number of rotatable bonds is 33.